The predicted octanol–water partition coefficient (Wildman–Crippen LogP) is 0.881. The zero-order valence-corrected chi connectivity index (χ0v) is 14.9. The second-order valence-electron chi connectivity index (χ2n) is 6.55. The third kappa shape index (κ3) is 4.25. The Labute approximate surface area is 152 Å². The first-order chi connectivity index (χ1) is 12.6. The summed E-state index contributed by atoms with van der Waals surface area (Å²) in [6.45, 7) is 2.88. The molecule has 0 aromatic heterocycles. The molecule has 8 heteroatoms. The Hall–Kier alpha value is -2.77. The van der Waals surface area contributed by atoms with Crippen LogP contribution in [0.1, 0.15) is 12.0 Å². The second kappa shape index (κ2) is 8.07. The van der Waals surface area contributed by atoms with E-state index in [2.05, 4.69) is 5.32 Å². The van der Waals surface area contributed by atoms with Crippen molar-refractivity contribution in [1.29, 1.82) is 0 Å². The predicted molar refractivity (Wildman–Crippen MR) is 94.3 cm³/mol. The summed E-state index contributed by atoms with van der Waals surface area (Å²) in [5.41, 5.74) is 1.08. The molecule has 0 spiro atoms. The molecule has 140 valence electrons. The first-order valence-corrected chi connectivity index (χ1v) is 8.77. The van der Waals surface area contributed by atoms with Gasteiger partial charge in [-0.05, 0) is 5.56 Å². The normalized spacial score (nSPS) is 20.3. The maximum atomic E-state index is 12.4. The molecule has 0 saturated carbocycles. The van der Waals surface area contributed by atoms with Crippen molar-refractivity contribution in [3.05, 3.63) is 35.9 Å². The van der Waals surface area contributed by atoms with Gasteiger partial charge in [-0.15, -0.1) is 0 Å². The summed E-state index contributed by atoms with van der Waals surface area (Å²) < 4.78 is 4.69. The Morgan fingerprint density at radius 1 is 1.12 bits per heavy atom. The van der Waals surface area contributed by atoms with Crippen molar-refractivity contribution in [2.75, 3.05) is 39.8 Å². The van der Waals surface area contributed by atoms with E-state index in [0.29, 0.717) is 45.7 Å². The highest BCUT2D eigenvalue weighted by molar-refractivity contribution is 5.81. The van der Waals surface area contributed by atoms with E-state index in [9.17, 15) is 14.4 Å². The van der Waals surface area contributed by atoms with E-state index in [-0.39, 0.29) is 24.1 Å². The molecule has 0 aliphatic carbocycles. The van der Waals surface area contributed by atoms with E-state index in [0.717, 1.165) is 5.56 Å². The van der Waals surface area contributed by atoms with Crippen molar-refractivity contribution in [2.45, 2.75) is 19.0 Å². The number of amides is 4. The highest BCUT2D eigenvalue weighted by Gasteiger charge is 2.32. The average molecular weight is 360 g/mol. The number of nitrogens with one attached hydrogen (secondary N) is 1. The van der Waals surface area contributed by atoms with Crippen LogP contribution < -0.4 is 5.32 Å². The molecule has 2 aliphatic heterocycles. The maximum Gasteiger partial charge on any atom is 0.409 e. The van der Waals surface area contributed by atoms with Gasteiger partial charge in [0, 0.05) is 45.7 Å². The van der Waals surface area contributed by atoms with E-state index < -0.39 is 0 Å². The SMILES string of the molecule is COC(=O)N1CCN(C(=O)NC2CC(=O)N(Cc3ccccc3)C2)CC1. The van der Waals surface area contributed by atoms with Gasteiger partial charge in [0.2, 0.25) is 5.91 Å². The fourth-order valence-electron chi connectivity index (χ4n) is 3.31. The molecule has 1 atom stereocenters. The summed E-state index contributed by atoms with van der Waals surface area (Å²) in [4.78, 5) is 41.1. The van der Waals surface area contributed by atoms with Crippen LogP contribution in [-0.4, -0.2) is 78.6 Å². The monoisotopic (exact) mass is 360 g/mol. The van der Waals surface area contributed by atoms with Gasteiger partial charge in [0.25, 0.3) is 0 Å². The summed E-state index contributed by atoms with van der Waals surface area (Å²) in [5.74, 6) is 0.0506. The van der Waals surface area contributed by atoms with Gasteiger partial charge in [-0.2, -0.15) is 0 Å². The third-order valence-corrected chi connectivity index (χ3v) is 4.76. The number of urea groups is 1. The van der Waals surface area contributed by atoms with Gasteiger partial charge in [0.05, 0.1) is 13.2 Å². The lowest BCUT2D eigenvalue weighted by Crippen LogP contribution is -2.54. The van der Waals surface area contributed by atoms with Crippen molar-refractivity contribution in [3.8, 4) is 0 Å². The molecule has 8 nitrogen and oxygen atoms in total. The Kier molecular flexibility index (Phi) is 5.60. The molecule has 3 rings (SSSR count). The van der Waals surface area contributed by atoms with Crippen LogP contribution in [0.3, 0.4) is 0 Å². The Morgan fingerprint density at radius 3 is 2.42 bits per heavy atom. The van der Waals surface area contributed by atoms with E-state index in [1.54, 1.807) is 14.7 Å². The van der Waals surface area contributed by atoms with Gasteiger partial charge in [-0.25, -0.2) is 9.59 Å². The van der Waals surface area contributed by atoms with Crippen molar-refractivity contribution >= 4 is 18.0 Å². The fourth-order valence-corrected chi connectivity index (χ4v) is 3.31. The number of methoxy groups -OCH3 is 1. The molecule has 26 heavy (non-hydrogen) atoms. The minimum Gasteiger partial charge on any atom is -0.453 e. The summed E-state index contributed by atoms with van der Waals surface area (Å²) in [7, 11) is 1.35. The number of ether oxygens (including phenoxy) is 1. The number of hydrogen-bond donors (Lipinski definition) is 1. The molecule has 2 aliphatic rings. The molecule has 0 bridgehead atoms. The smallest absolute Gasteiger partial charge is 0.409 e. The largest absolute Gasteiger partial charge is 0.453 e. The van der Waals surface area contributed by atoms with Gasteiger partial charge >= 0.3 is 12.1 Å². The van der Waals surface area contributed by atoms with Crippen LogP contribution in [0.4, 0.5) is 9.59 Å². The lowest BCUT2D eigenvalue weighted by Gasteiger charge is -2.34. The number of nitrogens with zero attached hydrogens (tertiary/aromatic N) is 3. The van der Waals surface area contributed by atoms with Crippen LogP contribution in [0.25, 0.3) is 0 Å². The summed E-state index contributed by atoms with van der Waals surface area (Å²) in [6.07, 6.45) is -0.0521. The van der Waals surface area contributed by atoms with Crippen molar-refractivity contribution in [1.82, 2.24) is 20.0 Å². The van der Waals surface area contributed by atoms with Crippen LogP contribution in [0.2, 0.25) is 0 Å². The number of benzene rings is 1. The number of carbonyl (C=O) groups is 3. The highest BCUT2D eigenvalue weighted by atomic mass is 16.5. The Morgan fingerprint density at radius 2 is 1.77 bits per heavy atom. The standard InChI is InChI=1S/C18H24N4O4/c1-26-18(25)21-9-7-20(8-10-21)17(24)19-15-11-16(23)22(13-15)12-14-5-3-2-4-6-14/h2-6,15H,7-13H2,1H3,(H,19,24). The minimum absolute atomic E-state index is 0.0506. The average Bonchev–Trinajstić information content (AvgIpc) is 3.00. The first kappa shape index (κ1) is 18.0. The zero-order valence-electron chi connectivity index (χ0n) is 14.9. The molecular weight excluding hydrogens is 336 g/mol. The molecule has 2 heterocycles. The molecule has 1 aromatic carbocycles. The van der Waals surface area contributed by atoms with Gasteiger partial charge in [0.15, 0.2) is 0 Å². The molecule has 1 aromatic rings. The topological polar surface area (TPSA) is 82.2 Å². The number of likely N-dealkylation sites (tertiary alicyclic amines) is 1. The molecule has 1 N–H and O–H groups in total. The van der Waals surface area contributed by atoms with E-state index in [1.807, 2.05) is 30.3 Å². The highest BCUT2D eigenvalue weighted by Crippen LogP contribution is 2.15. The number of rotatable bonds is 3. The van der Waals surface area contributed by atoms with Crippen molar-refractivity contribution < 1.29 is 19.1 Å². The van der Waals surface area contributed by atoms with Crippen molar-refractivity contribution in [2.24, 2.45) is 0 Å². The molecule has 2 fully saturated rings. The van der Waals surface area contributed by atoms with Crippen LogP contribution in [0.15, 0.2) is 30.3 Å². The fraction of sp³-hybridized carbons (Fsp3) is 0.500. The quantitative estimate of drug-likeness (QED) is 0.868. The number of carbonyl (C=O) groups excluding carboxylic acids is 3. The van der Waals surface area contributed by atoms with E-state index in [4.69, 9.17) is 4.74 Å². The van der Waals surface area contributed by atoms with Crippen LogP contribution >= 0.6 is 0 Å². The van der Waals surface area contributed by atoms with Crippen LogP contribution in [0, 0.1) is 0 Å². The minimum atomic E-state index is -0.372. The Balaban J connectivity index is 1.47. The number of piperazine rings is 1. The lowest BCUT2D eigenvalue weighted by atomic mass is 10.2. The molecule has 2 saturated heterocycles. The van der Waals surface area contributed by atoms with E-state index >= 15 is 0 Å². The van der Waals surface area contributed by atoms with Crippen molar-refractivity contribution in [3.63, 3.8) is 0 Å². The third-order valence-electron chi connectivity index (χ3n) is 4.76. The molecular formula is C18H24N4O4. The molecule has 4 amide bonds. The van der Waals surface area contributed by atoms with Crippen LogP contribution in [-0.2, 0) is 16.1 Å². The summed E-state index contributed by atoms with van der Waals surface area (Å²) in [5, 5.41) is 2.94. The van der Waals surface area contributed by atoms with Gasteiger partial charge in [-0.3, -0.25) is 4.79 Å². The zero-order chi connectivity index (χ0) is 18.5. The van der Waals surface area contributed by atoms with Gasteiger partial charge < -0.3 is 24.8 Å². The first-order valence-electron chi connectivity index (χ1n) is 8.77. The van der Waals surface area contributed by atoms with Gasteiger partial charge in [-0.1, -0.05) is 30.3 Å². The number of hydrogen-bond acceptors (Lipinski definition) is 4. The maximum absolute atomic E-state index is 12.4. The lowest BCUT2D eigenvalue weighted by molar-refractivity contribution is -0.128. The Bertz CT molecular complexity index is 658. The summed E-state index contributed by atoms with van der Waals surface area (Å²) >= 11 is 0. The van der Waals surface area contributed by atoms with Crippen LogP contribution in [0.5, 0.6) is 0 Å². The summed E-state index contributed by atoms with van der Waals surface area (Å²) in [6, 6.07) is 9.44. The molecule has 0 radical (unpaired) electrons. The van der Waals surface area contributed by atoms with E-state index in [1.165, 1.54) is 7.11 Å². The van der Waals surface area contributed by atoms with Gasteiger partial charge in [0.1, 0.15) is 0 Å². The second-order valence-corrected chi connectivity index (χ2v) is 6.55. The molecule has 1 unspecified atom stereocenters.